The summed E-state index contributed by atoms with van der Waals surface area (Å²) in [4.78, 5) is 14.1. The van der Waals surface area contributed by atoms with E-state index in [1.807, 2.05) is 72.8 Å². The van der Waals surface area contributed by atoms with Crippen LogP contribution in [0.1, 0.15) is 5.56 Å². The number of aromatic nitrogens is 4. The first-order valence-electron chi connectivity index (χ1n) is 19.8. The predicted molar refractivity (Wildman–Crippen MR) is 243 cm³/mol. The van der Waals surface area contributed by atoms with Crippen LogP contribution in [-0.2, 0) is 0 Å². The molecule has 0 radical (unpaired) electrons. The highest BCUT2D eigenvalue weighted by Crippen LogP contribution is 2.43. The number of hydrogen-bond donors (Lipinski definition) is 0. The van der Waals surface area contributed by atoms with Crippen LogP contribution in [0.3, 0.4) is 0 Å². The van der Waals surface area contributed by atoms with Crippen molar-refractivity contribution < 1.29 is 0 Å². The van der Waals surface area contributed by atoms with Gasteiger partial charge in [-0.15, -0.1) is 0 Å². The lowest BCUT2D eigenvalue weighted by atomic mass is 9.97. The highest BCUT2D eigenvalue weighted by Gasteiger charge is 2.22. The number of fused-ring (bicyclic) bond motifs is 6. The van der Waals surface area contributed by atoms with E-state index in [0.29, 0.717) is 17.1 Å². The van der Waals surface area contributed by atoms with Crippen LogP contribution in [0.15, 0.2) is 194 Å². The maximum absolute atomic E-state index is 9.86. The summed E-state index contributed by atoms with van der Waals surface area (Å²) in [5.41, 5.74) is 13.9. The summed E-state index contributed by atoms with van der Waals surface area (Å²) in [7, 11) is 0. The van der Waals surface area contributed by atoms with Crippen LogP contribution >= 0.6 is 0 Å². The molecule has 278 valence electrons. The summed E-state index contributed by atoms with van der Waals surface area (Å²) >= 11 is 0. The molecule has 0 saturated heterocycles. The van der Waals surface area contributed by atoms with Gasteiger partial charge in [0.25, 0.3) is 0 Å². The maximum atomic E-state index is 9.86. The molecule has 0 atom stereocenters. The second kappa shape index (κ2) is 14.1. The van der Waals surface area contributed by atoms with Gasteiger partial charge < -0.3 is 9.13 Å². The molecule has 0 aliphatic rings. The van der Waals surface area contributed by atoms with Gasteiger partial charge in [0.2, 0.25) is 0 Å². The highest BCUT2D eigenvalue weighted by atomic mass is 15.0. The Bertz CT molecular complexity index is 3510. The van der Waals surface area contributed by atoms with Gasteiger partial charge in [0.1, 0.15) is 0 Å². The number of benzene rings is 8. The Morgan fingerprint density at radius 3 is 1.68 bits per heavy atom. The van der Waals surface area contributed by atoms with E-state index in [9.17, 15) is 5.26 Å². The average Bonchev–Trinajstić information content (AvgIpc) is 3.83. The van der Waals surface area contributed by atoms with Crippen LogP contribution in [0.2, 0.25) is 0 Å². The van der Waals surface area contributed by atoms with Crippen molar-refractivity contribution in [3.05, 3.63) is 211 Å². The van der Waals surface area contributed by atoms with Gasteiger partial charge in [0.15, 0.2) is 11.5 Å². The summed E-state index contributed by atoms with van der Waals surface area (Å²) in [5, 5.41) is 14.0. The van der Waals surface area contributed by atoms with Crippen molar-refractivity contribution >= 4 is 49.3 Å². The number of para-hydroxylation sites is 3. The molecule has 8 aromatic carbocycles. The standard InChI is InChI=1S/C54H32N6/c1-56-39-26-29-52-45(32-39)42-20-10-13-23-50(42)60(52)53-31-38(47-33-46(36-14-4-2-5-15-36)57-54(58-47)37-16-6-3-7-17-37)25-27-43(53)40-18-8-11-21-48(40)59-49-22-12-9-19-41(49)44-30-35(34-55)24-28-51(44)59/h2-33H. The van der Waals surface area contributed by atoms with Crippen LogP contribution < -0.4 is 0 Å². The molecule has 0 spiro atoms. The molecule has 6 heteroatoms. The van der Waals surface area contributed by atoms with Crippen LogP contribution in [0.4, 0.5) is 5.69 Å². The van der Waals surface area contributed by atoms with E-state index in [1.54, 1.807) is 0 Å². The molecule has 0 amide bonds. The second-order valence-electron chi connectivity index (χ2n) is 14.8. The summed E-state index contributed by atoms with van der Waals surface area (Å²) in [5.74, 6) is 0.650. The predicted octanol–water partition coefficient (Wildman–Crippen LogP) is 13.8. The number of rotatable bonds is 6. The molecule has 11 aromatic rings. The maximum Gasteiger partial charge on any atom is 0.188 e. The van der Waals surface area contributed by atoms with Crippen LogP contribution in [-0.4, -0.2) is 19.1 Å². The Kier molecular flexibility index (Phi) is 8.15. The highest BCUT2D eigenvalue weighted by molar-refractivity contribution is 6.12. The van der Waals surface area contributed by atoms with E-state index >= 15 is 0 Å². The molecule has 6 nitrogen and oxygen atoms in total. The summed E-state index contributed by atoms with van der Waals surface area (Å²) in [6.45, 7) is 7.84. The van der Waals surface area contributed by atoms with Crippen molar-refractivity contribution in [2.24, 2.45) is 0 Å². The fourth-order valence-electron chi connectivity index (χ4n) is 8.66. The Morgan fingerprint density at radius 1 is 0.433 bits per heavy atom. The van der Waals surface area contributed by atoms with E-state index in [4.69, 9.17) is 16.5 Å². The van der Waals surface area contributed by atoms with Crippen LogP contribution in [0, 0.1) is 17.9 Å². The van der Waals surface area contributed by atoms with Crippen LogP contribution in [0.25, 0.3) is 105 Å². The lowest BCUT2D eigenvalue weighted by molar-refractivity contribution is 1.15. The van der Waals surface area contributed by atoms with Gasteiger partial charge in [0.05, 0.1) is 63.0 Å². The molecular formula is C54H32N6. The quantitative estimate of drug-likeness (QED) is 0.158. The molecule has 60 heavy (non-hydrogen) atoms. The Hall–Kier alpha value is -8.58. The molecule has 0 aliphatic carbocycles. The van der Waals surface area contributed by atoms with Gasteiger partial charge in [-0.05, 0) is 66.0 Å². The van der Waals surface area contributed by atoms with Gasteiger partial charge in [0, 0.05) is 44.0 Å². The summed E-state index contributed by atoms with van der Waals surface area (Å²) in [6.07, 6.45) is 0. The smallest absolute Gasteiger partial charge is 0.188 e. The lowest BCUT2D eigenvalue weighted by Crippen LogP contribution is -2.02. The fourth-order valence-corrected chi connectivity index (χ4v) is 8.66. The van der Waals surface area contributed by atoms with E-state index < -0.39 is 0 Å². The molecule has 3 aromatic heterocycles. The number of nitrogens with zero attached hydrogens (tertiary/aromatic N) is 6. The third kappa shape index (κ3) is 5.63. The zero-order chi connectivity index (χ0) is 40.2. The molecule has 0 bridgehead atoms. The SMILES string of the molecule is [C-]#[N+]c1ccc2c(c1)c1ccccc1n2-c1cc(-c2cc(-c3ccccc3)nc(-c3ccccc3)n2)ccc1-c1ccccc1-n1c2ccccc2c2cc(C#N)ccc21. The lowest BCUT2D eigenvalue weighted by Gasteiger charge is -2.20. The first kappa shape index (κ1) is 34.7. The molecule has 0 fully saturated rings. The van der Waals surface area contributed by atoms with Gasteiger partial charge in [-0.25, -0.2) is 14.8 Å². The van der Waals surface area contributed by atoms with E-state index in [2.05, 4.69) is 141 Å². The van der Waals surface area contributed by atoms with Crippen LogP contribution in [0.5, 0.6) is 0 Å². The van der Waals surface area contributed by atoms with Gasteiger partial charge in [-0.3, -0.25) is 0 Å². The zero-order valence-electron chi connectivity index (χ0n) is 32.2. The van der Waals surface area contributed by atoms with Crippen molar-refractivity contribution in [1.82, 2.24) is 19.1 Å². The molecule has 3 heterocycles. The van der Waals surface area contributed by atoms with Crippen molar-refractivity contribution in [2.75, 3.05) is 0 Å². The zero-order valence-corrected chi connectivity index (χ0v) is 32.2. The van der Waals surface area contributed by atoms with Crippen molar-refractivity contribution in [1.29, 1.82) is 5.26 Å². The molecular weight excluding hydrogens is 733 g/mol. The number of hydrogen-bond acceptors (Lipinski definition) is 3. The molecule has 11 rings (SSSR count). The minimum absolute atomic E-state index is 0.596. The molecule has 0 N–H and O–H groups in total. The molecule has 0 aliphatic heterocycles. The fraction of sp³-hybridized carbons (Fsp3) is 0. The van der Waals surface area contributed by atoms with Crippen molar-refractivity contribution in [2.45, 2.75) is 0 Å². The first-order valence-corrected chi connectivity index (χ1v) is 19.8. The summed E-state index contributed by atoms with van der Waals surface area (Å²) < 4.78 is 4.64. The van der Waals surface area contributed by atoms with Crippen molar-refractivity contribution in [3.63, 3.8) is 0 Å². The average molecular weight is 765 g/mol. The Balaban J connectivity index is 1.22. The minimum Gasteiger partial charge on any atom is -0.309 e. The van der Waals surface area contributed by atoms with E-state index in [0.717, 1.165) is 94.2 Å². The topological polar surface area (TPSA) is 63.8 Å². The third-order valence-corrected chi connectivity index (χ3v) is 11.4. The monoisotopic (exact) mass is 764 g/mol. The van der Waals surface area contributed by atoms with E-state index in [1.165, 1.54) is 0 Å². The third-order valence-electron chi connectivity index (χ3n) is 11.4. The van der Waals surface area contributed by atoms with Crippen molar-refractivity contribution in [3.8, 4) is 62.5 Å². The van der Waals surface area contributed by atoms with Gasteiger partial charge >= 0.3 is 0 Å². The normalized spacial score (nSPS) is 11.3. The number of nitriles is 1. The van der Waals surface area contributed by atoms with Gasteiger partial charge in [-0.1, -0.05) is 133 Å². The van der Waals surface area contributed by atoms with E-state index in [-0.39, 0.29) is 0 Å². The second-order valence-corrected chi connectivity index (χ2v) is 14.8. The largest absolute Gasteiger partial charge is 0.309 e. The summed E-state index contributed by atoms with van der Waals surface area (Å²) in [6, 6.07) is 68.7. The Morgan fingerprint density at radius 2 is 0.983 bits per heavy atom. The molecule has 0 saturated carbocycles. The molecule has 0 unspecified atom stereocenters. The minimum atomic E-state index is 0.596. The Labute approximate surface area is 346 Å². The first-order chi connectivity index (χ1) is 29.7. The van der Waals surface area contributed by atoms with Gasteiger partial charge in [-0.2, -0.15) is 5.26 Å².